The van der Waals surface area contributed by atoms with E-state index in [9.17, 15) is 13.2 Å². The number of ether oxygens (including phenoxy) is 1. The second kappa shape index (κ2) is 6.52. The largest absolute Gasteiger partial charge is 0.489 e. The lowest BCUT2D eigenvalue weighted by molar-refractivity contribution is -0.136. The monoisotopic (exact) mass is 347 g/mol. The van der Waals surface area contributed by atoms with Crippen LogP contribution in [0.4, 0.5) is 5.69 Å². The van der Waals surface area contributed by atoms with Crippen LogP contribution in [0.25, 0.3) is 0 Å². The smallest absolute Gasteiger partial charge is 0.303 e. The van der Waals surface area contributed by atoms with Crippen LogP contribution >= 0.6 is 0 Å². The molecule has 0 saturated heterocycles. The van der Waals surface area contributed by atoms with Crippen molar-refractivity contribution in [2.24, 2.45) is 0 Å². The first-order valence-electron chi connectivity index (χ1n) is 7.54. The van der Waals surface area contributed by atoms with Crippen LogP contribution in [0.3, 0.4) is 0 Å². The fourth-order valence-electron chi connectivity index (χ4n) is 2.60. The molecule has 0 atom stereocenters. The lowest BCUT2D eigenvalue weighted by Crippen LogP contribution is -2.37. The highest BCUT2D eigenvalue weighted by Crippen LogP contribution is 2.34. The summed E-state index contributed by atoms with van der Waals surface area (Å²) in [4.78, 5) is 10.8. The highest BCUT2D eigenvalue weighted by atomic mass is 32.2. The number of hydrogen-bond donors (Lipinski definition) is 1. The van der Waals surface area contributed by atoms with E-state index in [2.05, 4.69) is 0 Å². The number of carboxylic acid groups (broad SMARTS) is 1. The van der Waals surface area contributed by atoms with Crippen molar-refractivity contribution in [1.82, 2.24) is 0 Å². The molecule has 0 unspecified atom stereocenters. The zero-order chi connectivity index (χ0) is 17.2. The number of para-hydroxylation sites is 2. The number of benzene rings is 2. The zero-order valence-electron chi connectivity index (χ0n) is 12.9. The minimum atomic E-state index is -3.69. The number of anilines is 1. The summed E-state index contributed by atoms with van der Waals surface area (Å²) in [5.74, 6) is -0.331. The summed E-state index contributed by atoms with van der Waals surface area (Å²) in [7, 11) is -3.69. The molecule has 0 bridgehead atoms. The fourth-order valence-corrected chi connectivity index (χ4v) is 4.06. The van der Waals surface area contributed by atoms with Crippen molar-refractivity contribution < 1.29 is 23.1 Å². The summed E-state index contributed by atoms with van der Waals surface area (Å²) in [5, 5.41) is 8.71. The summed E-state index contributed by atoms with van der Waals surface area (Å²) in [5.41, 5.74) is 1.32. The van der Waals surface area contributed by atoms with E-state index in [0.717, 1.165) is 5.56 Å². The molecule has 2 aromatic carbocycles. The number of carbonyl (C=O) groups is 1. The Labute approximate surface area is 140 Å². The number of sulfonamides is 1. The Balaban J connectivity index is 1.87. The van der Waals surface area contributed by atoms with Gasteiger partial charge in [-0.25, -0.2) is 8.42 Å². The van der Waals surface area contributed by atoms with E-state index < -0.39 is 16.0 Å². The molecule has 0 aliphatic carbocycles. The molecule has 7 heteroatoms. The summed E-state index contributed by atoms with van der Waals surface area (Å²) in [6, 6.07) is 13.4. The summed E-state index contributed by atoms with van der Waals surface area (Å²) in [6.45, 7) is 0.549. The van der Waals surface area contributed by atoms with Gasteiger partial charge in [0.15, 0.2) is 0 Å². The van der Waals surface area contributed by atoms with Crippen molar-refractivity contribution in [3.8, 4) is 5.75 Å². The van der Waals surface area contributed by atoms with Gasteiger partial charge in [-0.15, -0.1) is 0 Å². The molecule has 1 N–H and O–H groups in total. The summed E-state index contributed by atoms with van der Waals surface area (Å²) in [6.07, 6.45) is 0.388. The van der Waals surface area contributed by atoms with Gasteiger partial charge in [0.25, 0.3) is 10.0 Å². The molecule has 0 fully saturated rings. The Kier molecular flexibility index (Phi) is 4.44. The van der Waals surface area contributed by atoms with Crippen LogP contribution in [0.5, 0.6) is 5.75 Å². The van der Waals surface area contributed by atoms with Gasteiger partial charge in [-0.2, -0.15) is 0 Å². The molecule has 0 amide bonds. The average Bonchev–Trinajstić information content (AvgIpc) is 2.59. The van der Waals surface area contributed by atoms with Gasteiger partial charge >= 0.3 is 5.97 Å². The molecule has 1 aliphatic heterocycles. The minimum absolute atomic E-state index is 0.0168. The van der Waals surface area contributed by atoms with Crippen molar-refractivity contribution >= 4 is 21.7 Å². The van der Waals surface area contributed by atoms with E-state index in [1.807, 2.05) is 0 Å². The number of fused-ring (bicyclic) bond motifs is 1. The highest BCUT2D eigenvalue weighted by molar-refractivity contribution is 7.92. The van der Waals surface area contributed by atoms with Gasteiger partial charge in [-0.3, -0.25) is 9.10 Å². The van der Waals surface area contributed by atoms with E-state index >= 15 is 0 Å². The lowest BCUT2D eigenvalue weighted by Gasteiger charge is -2.30. The molecule has 0 saturated carbocycles. The Morgan fingerprint density at radius 3 is 2.54 bits per heavy atom. The van der Waals surface area contributed by atoms with Crippen molar-refractivity contribution in [1.29, 1.82) is 0 Å². The van der Waals surface area contributed by atoms with Crippen molar-refractivity contribution in [3.63, 3.8) is 0 Å². The minimum Gasteiger partial charge on any atom is -0.489 e. The van der Waals surface area contributed by atoms with Gasteiger partial charge in [0, 0.05) is 6.42 Å². The first-order chi connectivity index (χ1) is 11.5. The third-order valence-electron chi connectivity index (χ3n) is 3.82. The van der Waals surface area contributed by atoms with E-state index in [1.54, 1.807) is 36.4 Å². The van der Waals surface area contributed by atoms with Crippen molar-refractivity contribution in [2.45, 2.75) is 17.7 Å². The molecule has 0 radical (unpaired) electrons. The molecule has 0 spiro atoms. The van der Waals surface area contributed by atoms with Crippen molar-refractivity contribution in [3.05, 3.63) is 54.1 Å². The van der Waals surface area contributed by atoms with Crippen LogP contribution in [0.1, 0.15) is 12.0 Å². The van der Waals surface area contributed by atoms with Gasteiger partial charge in [0.05, 0.1) is 17.1 Å². The molecule has 3 rings (SSSR count). The SMILES string of the molecule is O=C(O)CCc1ccc(S(=O)(=O)N2CCOc3ccccc32)cc1. The van der Waals surface area contributed by atoms with Crippen LogP contribution in [0.15, 0.2) is 53.4 Å². The van der Waals surface area contributed by atoms with Crippen LogP contribution < -0.4 is 9.04 Å². The Morgan fingerprint density at radius 2 is 1.83 bits per heavy atom. The molecular weight excluding hydrogens is 330 g/mol. The number of carboxylic acids is 1. The second-order valence-electron chi connectivity index (χ2n) is 5.43. The number of hydrogen-bond acceptors (Lipinski definition) is 4. The molecule has 24 heavy (non-hydrogen) atoms. The zero-order valence-corrected chi connectivity index (χ0v) is 13.7. The lowest BCUT2D eigenvalue weighted by atomic mass is 10.1. The van der Waals surface area contributed by atoms with Crippen LogP contribution in [-0.4, -0.2) is 32.6 Å². The number of rotatable bonds is 5. The van der Waals surface area contributed by atoms with Crippen LogP contribution in [0, 0.1) is 0 Å². The predicted octanol–water partition coefficient (Wildman–Crippen LogP) is 2.29. The summed E-state index contributed by atoms with van der Waals surface area (Å²) < 4.78 is 32.6. The number of aryl methyl sites for hydroxylation is 1. The van der Waals surface area contributed by atoms with Gasteiger partial charge < -0.3 is 9.84 Å². The summed E-state index contributed by atoms with van der Waals surface area (Å²) >= 11 is 0. The normalized spacial score (nSPS) is 13.9. The molecule has 6 nitrogen and oxygen atoms in total. The maximum atomic E-state index is 12.9. The Hall–Kier alpha value is -2.54. The second-order valence-corrected chi connectivity index (χ2v) is 7.29. The fraction of sp³-hybridized carbons (Fsp3) is 0.235. The topological polar surface area (TPSA) is 83.9 Å². The van der Waals surface area contributed by atoms with E-state index in [-0.39, 0.29) is 17.9 Å². The van der Waals surface area contributed by atoms with Crippen molar-refractivity contribution in [2.75, 3.05) is 17.5 Å². The van der Waals surface area contributed by atoms with E-state index in [4.69, 9.17) is 9.84 Å². The van der Waals surface area contributed by atoms with Gasteiger partial charge in [-0.1, -0.05) is 24.3 Å². The molecule has 126 valence electrons. The molecule has 1 heterocycles. The van der Waals surface area contributed by atoms with Gasteiger partial charge in [0.1, 0.15) is 12.4 Å². The third-order valence-corrected chi connectivity index (χ3v) is 5.65. The number of nitrogens with zero attached hydrogens (tertiary/aromatic N) is 1. The molecule has 1 aliphatic rings. The molecule has 2 aromatic rings. The molecule has 0 aromatic heterocycles. The first kappa shape index (κ1) is 16.3. The quantitative estimate of drug-likeness (QED) is 0.897. The maximum Gasteiger partial charge on any atom is 0.303 e. The predicted molar refractivity (Wildman–Crippen MR) is 88.9 cm³/mol. The maximum absolute atomic E-state index is 12.9. The first-order valence-corrected chi connectivity index (χ1v) is 8.98. The van der Waals surface area contributed by atoms with Crippen LogP contribution in [-0.2, 0) is 21.2 Å². The highest BCUT2D eigenvalue weighted by Gasteiger charge is 2.29. The average molecular weight is 347 g/mol. The van der Waals surface area contributed by atoms with Gasteiger partial charge in [0.2, 0.25) is 0 Å². The van der Waals surface area contributed by atoms with Crippen LogP contribution in [0.2, 0.25) is 0 Å². The third kappa shape index (κ3) is 3.21. The Morgan fingerprint density at radius 1 is 1.12 bits per heavy atom. The Bertz CT molecular complexity index is 846. The standard InChI is InChI=1S/C17H17NO5S/c19-17(20)10-7-13-5-8-14(9-6-13)24(21,22)18-11-12-23-16-4-2-1-3-15(16)18/h1-6,8-9H,7,10-12H2,(H,19,20). The van der Waals surface area contributed by atoms with E-state index in [0.29, 0.717) is 24.5 Å². The molecular formula is C17H17NO5S. The van der Waals surface area contributed by atoms with Gasteiger partial charge in [-0.05, 0) is 36.2 Å². The number of aliphatic carboxylic acids is 1. The van der Waals surface area contributed by atoms with E-state index in [1.165, 1.54) is 16.4 Å².